The number of anilines is 1. The number of carbonyl (C=O) groups is 1. The lowest BCUT2D eigenvalue weighted by Crippen LogP contribution is -2.22. The summed E-state index contributed by atoms with van der Waals surface area (Å²) in [5.74, 6) is -0.0766. The van der Waals surface area contributed by atoms with Crippen molar-refractivity contribution in [2.45, 2.75) is 16.5 Å². The summed E-state index contributed by atoms with van der Waals surface area (Å²) >= 11 is 2.82. The van der Waals surface area contributed by atoms with Gasteiger partial charge in [-0.25, -0.2) is 0 Å². The molecule has 0 aliphatic carbocycles. The maximum Gasteiger partial charge on any atom is 0.237 e. The molecule has 0 spiro atoms. The van der Waals surface area contributed by atoms with E-state index in [0.717, 1.165) is 15.2 Å². The largest absolute Gasteiger partial charge is 0.324 e. The lowest BCUT2D eigenvalue weighted by molar-refractivity contribution is -0.115. The Morgan fingerprint density at radius 2 is 2.24 bits per heavy atom. The molecule has 0 radical (unpaired) electrons. The number of amides is 1. The zero-order valence-electron chi connectivity index (χ0n) is 11.2. The van der Waals surface area contributed by atoms with Crippen molar-refractivity contribution in [1.29, 1.82) is 0 Å². The molecular formula is C14H12N4OS2. The van der Waals surface area contributed by atoms with Gasteiger partial charge >= 0.3 is 0 Å². The molecule has 2 aromatic heterocycles. The number of benzene rings is 1. The first-order valence-corrected chi connectivity index (χ1v) is 8.07. The van der Waals surface area contributed by atoms with Crippen LogP contribution in [0.3, 0.4) is 0 Å². The fourth-order valence-electron chi connectivity index (χ4n) is 1.80. The Morgan fingerprint density at radius 1 is 1.38 bits per heavy atom. The maximum atomic E-state index is 12.2. The summed E-state index contributed by atoms with van der Waals surface area (Å²) in [7, 11) is 0. The van der Waals surface area contributed by atoms with E-state index in [4.69, 9.17) is 0 Å². The van der Waals surface area contributed by atoms with Gasteiger partial charge in [-0.2, -0.15) is 0 Å². The van der Waals surface area contributed by atoms with E-state index < -0.39 is 0 Å². The molecule has 0 saturated heterocycles. The molecule has 7 heteroatoms. The van der Waals surface area contributed by atoms with Gasteiger partial charge in [0, 0.05) is 5.39 Å². The van der Waals surface area contributed by atoms with Crippen LogP contribution in [0.1, 0.15) is 6.92 Å². The van der Waals surface area contributed by atoms with Crippen LogP contribution in [0.15, 0.2) is 46.4 Å². The highest BCUT2D eigenvalue weighted by molar-refractivity contribution is 8.02. The number of nitrogens with zero attached hydrogens (tertiary/aromatic N) is 3. The molecule has 1 atom stereocenters. The number of carbonyl (C=O) groups excluding carboxylic acids is 1. The second-order valence-corrected chi connectivity index (χ2v) is 6.79. The number of fused-ring (bicyclic) bond motifs is 1. The van der Waals surface area contributed by atoms with Crippen molar-refractivity contribution in [3.05, 3.63) is 42.0 Å². The second kappa shape index (κ2) is 6.19. The molecule has 2 heterocycles. The summed E-state index contributed by atoms with van der Waals surface area (Å²) in [5, 5.41) is 11.3. The van der Waals surface area contributed by atoms with Crippen LogP contribution in [-0.2, 0) is 4.79 Å². The Balaban J connectivity index is 1.70. The van der Waals surface area contributed by atoms with Crippen molar-refractivity contribution in [2.24, 2.45) is 0 Å². The first-order chi connectivity index (χ1) is 10.2. The lowest BCUT2D eigenvalue weighted by Gasteiger charge is -2.10. The smallest absolute Gasteiger partial charge is 0.237 e. The monoisotopic (exact) mass is 316 g/mol. The summed E-state index contributed by atoms with van der Waals surface area (Å²) in [6, 6.07) is 9.72. The molecule has 1 amide bonds. The van der Waals surface area contributed by atoms with E-state index in [-0.39, 0.29) is 11.2 Å². The summed E-state index contributed by atoms with van der Waals surface area (Å²) in [4.78, 5) is 16.5. The van der Waals surface area contributed by atoms with Crippen LogP contribution < -0.4 is 5.32 Å². The second-order valence-electron chi connectivity index (χ2n) is 4.37. The van der Waals surface area contributed by atoms with Crippen LogP contribution in [0.25, 0.3) is 10.9 Å². The van der Waals surface area contributed by atoms with Gasteiger partial charge in [0.15, 0.2) is 4.34 Å². The Hall–Kier alpha value is -1.99. The number of para-hydroxylation sites is 1. The zero-order valence-corrected chi connectivity index (χ0v) is 12.8. The third-order valence-electron chi connectivity index (χ3n) is 2.84. The third kappa shape index (κ3) is 3.37. The van der Waals surface area contributed by atoms with Gasteiger partial charge in [-0.15, -0.1) is 10.2 Å². The van der Waals surface area contributed by atoms with Crippen molar-refractivity contribution < 1.29 is 4.79 Å². The van der Waals surface area contributed by atoms with Crippen molar-refractivity contribution in [1.82, 2.24) is 15.2 Å². The molecule has 3 aromatic rings. The SMILES string of the molecule is C[C@@H](Sc1nncs1)C(=O)Nc1cnc2ccccc2c1. The minimum atomic E-state index is -0.246. The number of hydrogen-bond donors (Lipinski definition) is 1. The normalized spacial score (nSPS) is 12.2. The van der Waals surface area contributed by atoms with E-state index in [1.807, 2.05) is 37.3 Å². The standard InChI is InChI=1S/C14H12N4OS2/c1-9(21-14-18-16-8-20-14)13(19)17-11-6-10-4-2-3-5-12(10)15-7-11/h2-9H,1H3,(H,17,19)/t9-/m1/s1. The average Bonchev–Trinajstić information content (AvgIpc) is 3.00. The molecule has 106 valence electrons. The predicted octanol–water partition coefficient (Wildman–Crippen LogP) is 3.21. The van der Waals surface area contributed by atoms with Crippen LogP contribution in [0.5, 0.6) is 0 Å². The van der Waals surface area contributed by atoms with E-state index in [1.165, 1.54) is 23.1 Å². The fourth-order valence-corrected chi connectivity index (χ4v) is 3.43. The van der Waals surface area contributed by atoms with E-state index >= 15 is 0 Å². The zero-order chi connectivity index (χ0) is 14.7. The summed E-state index contributed by atoms with van der Waals surface area (Å²) < 4.78 is 0.786. The lowest BCUT2D eigenvalue weighted by atomic mass is 10.2. The summed E-state index contributed by atoms with van der Waals surface area (Å²) in [6.07, 6.45) is 1.67. The van der Waals surface area contributed by atoms with Crippen LogP contribution in [0.4, 0.5) is 5.69 Å². The highest BCUT2D eigenvalue weighted by Crippen LogP contribution is 2.25. The highest BCUT2D eigenvalue weighted by Gasteiger charge is 2.16. The molecule has 1 N–H and O–H groups in total. The summed E-state index contributed by atoms with van der Waals surface area (Å²) in [5.41, 5.74) is 3.26. The number of hydrogen-bond acceptors (Lipinski definition) is 6. The van der Waals surface area contributed by atoms with Crippen LogP contribution >= 0.6 is 23.1 Å². The van der Waals surface area contributed by atoms with Gasteiger partial charge in [-0.05, 0) is 19.1 Å². The first kappa shape index (κ1) is 14.0. The Morgan fingerprint density at radius 3 is 3.05 bits per heavy atom. The van der Waals surface area contributed by atoms with Gasteiger partial charge in [0.05, 0.1) is 22.7 Å². The molecule has 3 rings (SSSR count). The first-order valence-electron chi connectivity index (χ1n) is 6.31. The van der Waals surface area contributed by atoms with Crippen molar-refractivity contribution >= 4 is 45.6 Å². The number of nitrogens with one attached hydrogen (secondary N) is 1. The van der Waals surface area contributed by atoms with Gasteiger partial charge in [0.2, 0.25) is 5.91 Å². The molecule has 1 aromatic carbocycles. The molecule has 21 heavy (non-hydrogen) atoms. The van der Waals surface area contributed by atoms with Gasteiger partial charge in [-0.3, -0.25) is 9.78 Å². The molecule has 0 aliphatic rings. The predicted molar refractivity (Wildman–Crippen MR) is 85.6 cm³/mol. The topological polar surface area (TPSA) is 67.8 Å². The van der Waals surface area contributed by atoms with Gasteiger partial charge in [-0.1, -0.05) is 41.3 Å². The van der Waals surface area contributed by atoms with Crippen molar-refractivity contribution in [2.75, 3.05) is 5.32 Å². The third-order valence-corrected chi connectivity index (χ3v) is 4.76. The number of pyridine rings is 1. The molecule has 5 nitrogen and oxygen atoms in total. The van der Waals surface area contributed by atoms with Crippen LogP contribution in [-0.4, -0.2) is 26.3 Å². The summed E-state index contributed by atoms with van der Waals surface area (Å²) in [6.45, 7) is 1.84. The van der Waals surface area contributed by atoms with Gasteiger partial charge < -0.3 is 5.32 Å². The average molecular weight is 316 g/mol. The van der Waals surface area contributed by atoms with Crippen molar-refractivity contribution in [3.8, 4) is 0 Å². The molecular weight excluding hydrogens is 304 g/mol. The molecule has 0 saturated carbocycles. The quantitative estimate of drug-likeness (QED) is 0.749. The number of rotatable bonds is 4. The Bertz CT molecular complexity index is 761. The van der Waals surface area contributed by atoms with Crippen LogP contribution in [0, 0.1) is 0 Å². The van der Waals surface area contributed by atoms with E-state index in [1.54, 1.807) is 11.7 Å². The maximum absolute atomic E-state index is 12.2. The van der Waals surface area contributed by atoms with Gasteiger partial charge in [0.1, 0.15) is 5.51 Å². The Kier molecular flexibility index (Phi) is 4.12. The number of thioether (sulfide) groups is 1. The van der Waals surface area contributed by atoms with Gasteiger partial charge in [0.25, 0.3) is 0 Å². The molecule has 0 fully saturated rings. The molecule has 0 unspecified atom stereocenters. The molecule has 0 aliphatic heterocycles. The number of aromatic nitrogens is 3. The highest BCUT2D eigenvalue weighted by atomic mass is 32.2. The Labute approximate surface area is 129 Å². The van der Waals surface area contributed by atoms with E-state index in [2.05, 4.69) is 20.5 Å². The minimum absolute atomic E-state index is 0.0766. The van der Waals surface area contributed by atoms with E-state index in [0.29, 0.717) is 5.69 Å². The molecule has 0 bridgehead atoms. The minimum Gasteiger partial charge on any atom is -0.324 e. The fraction of sp³-hybridized carbons (Fsp3) is 0.143. The van der Waals surface area contributed by atoms with Crippen LogP contribution in [0.2, 0.25) is 0 Å². The van der Waals surface area contributed by atoms with E-state index in [9.17, 15) is 4.79 Å². The van der Waals surface area contributed by atoms with Crippen molar-refractivity contribution in [3.63, 3.8) is 0 Å².